The molecule has 2 amide bonds. The van der Waals surface area contributed by atoms with Crippen molar-refractivity contribution in [1.82, 2.24) is 14.8 Å². The van der Waals surface area contributed by atoms with Crippen LogP contribution in [0.4, 0.5) is 4.39 Å². The van der Waals surface area contributed by atoms with Crippen LogP contribution in [0, 0.1) is 17.7 Å². The number of hydrogen-bond donors (Lipinski definition) is 0. The number of imide groups is 1. The number of carbonyl (C=O) groups is 2. The summed E-state index contributed by atoms with van der Waals surface area (Å²) in [4.78, 5) is 33.3. The summed E-state index contributed by atoms with van der Waals surface area (Å²) in [6.45, 7) is 1.76. The zero-order valence-corrected chi connectivity index (χ0v) is 16.6. The molecule has 154 valence electrons. The van der Waals surface area contributed by atoms with E-state index in [2.05, 4.69) is 9.88 Å². The lowest BCUT2D eigenvalue weighted by Crippen LogP contribution is -2.49. The van der Waals surface area contributed by atoms with Crippen LogP contribution in [0.25, 0.3) is 17.2 Å². The van der Waals surface area contributed by atoms with Crippen LogP contribution in [-0.2, 0) is 14.3 Å². The van der Waals surface area contributed by atoms with Gasteiger partial charge in [0.2, 0.25) is 11.8 Å². The maximum Gasteiger partial charge on any atom is 0.234 e. The molecule has 5 rings (SSSR count). The lowest BCUT2D eigenvalue weighted by atomic mass is 9.89. The molecular formula is C23H22FN3O3. The van der Waals surface area contributed by atoms with Crippen molar-refractivity contribution in [1.29, 1.82) is 0 Å². The molecule has 4 heterocycles. The zero-order chi connectivity index (χ0) is 20.8. The van der Waals surface area contributed by atoms with E-state index in [1.807, 2.05) is 30.4 Å². The molecule has 4 unspecified atom stereocenters. The summed E-state index contributed by atoms with van der Waals surface area (Å²) in [6, 6.07) is 9.94. The van der Waals surface area contributed by atoms with Crippen LogP contribution in [0.5, 0.6) is 0 Å². The highest BCUT2D eigenvalue weighted by Gasteiger charge is 2.60. The van der Waals surface area contributed by atoms with Gasteiger partial charge in [0.15, 0.2) is 0 Å². The van der Waals surface area contributed by atoms with E-state index < -0.39 is 0 Å². The van der Waals surface area contributed by atoms with Gasteiger partial charge in [0.25, 0.3) is 0 Å². The van der Waals surface area contributed by atoms with Crippen molar-refractivity contribution in [3.63, 3.8) is 0 Å². The van der Waals surface area contributed by atoms with E-state index in [0.717, 1.165) is 16.8 Å². The third-order valence-electron chi connectivity index (χ3n) is 6.40. The van der Waals surface area contributed by atoms with Gasteiger partial charge in [-0.15, -0.1) is 0 Å². The summed E-state index contributed by atoms with van der Waals surface area (Å²) < 4.78 is 19.1. The van der Waals surface area contributed by atoms with Crippen LogP contribution in [0.1, 0.15) is 5.69 Å². The highest BCUT2D eigenvalue weighted by atomic mass is 19.1. The average molecular weight is 407 g/mol. The maximum absolute atomic E-state index is 13.5. The number of nitrogens with zero attached hydrogens (tertiary/aromatic N) is 3. The Hall–Kier alpha value is -2.90. The third-order valence-corrected chi connectivity index (χ3v) is 6.40. The first-order valence-corrected chi connectivity index (χ1v) is 10.1. The number of halogens is 1. The van der Waals surface area contributed by atoms with Gasteiger partial charge in [-0.25, -0.2) is 4.39 Å². The van der Waals surface area contributed by atoms with Crippen molar-refractivity contribution in [2.45, 2.75) is 12.1 Å². The number of ether oxygens (including phenoxy) is 1. The molecule has 3 aliphatic rings. The summed E-state index contributed by atoms with van der Waals surface area (Å²) in [6.07, 6.45) is 5.59. The summed E-state index contributed by atoms with van der Waals surface area (Å²) >= 11 is 0. The molecule has 0 saturated carbocycles. The molecule has 7 heteroatoms. The molecule has 1 aromatic heterocycles. The van der Waals surface area contributed by atoms with Gasteiger partial charge in [0, 0.05) is 37.4 Å². The number of aromatic nitrogens is 1. The van der Waals surface area contributed by atoms with Crippen LogP contribution in [0.3, 0.4) is 0 Å². The summed E-state index contributed by atoms with van der Waals surface area (Å²) in [5.41, 5.74) is 2.35. The molecule has 2 aromatic rings. The van der Waals surface area contributed by atoms with Crippen molar-refractivity contribution in [2.75, 3.05) is 26.8 Å². The lowest BCUT2D eigenvalue weighted by Gasteiger charge is -2.35. The Morgan fingerprint density at radius 3 is 2.73 bits per heavy atom. The molecule has 1 aromatic carbocycles. The summed E-state index contributed by atoms with van der Waals surface area (Å²) in [7, 11) is 1.56. The minimum atomic E-state index is -0.378. The second-order valence-corrected chi connectivity index (χ2v) is 8.00. The largest absolute Gasteiger partial charge is 0.378 e. The van der Waals surface area contributed by atoms with Gasteiger partial charge in [-0.3, -0.25) is 24.4 Å². The second-order valence-electron chi connectivity index (χ2n) is 8.00. The Morgan fingerprint density at radius 2 is 1.97 bits per heavy atom. The van der Waals surface area contributed by atoms with E-state index in [1.54, 1.807) is 19.3 Å². The Labute approximate surface area is 174 Å². The molecule has 0 aliphatic carbocycles. The Bertz CT molecular complexity index is 1020. The predicted octanol–water partition coefficient (Wildman–Crippen LogP) is 2.21. The number of morpholine rings is 1. The van der Waals surface area contributed by atoms with E-state index in [4.69, 9.17) is 4.74 Å². The molecule has 0 N–H and O–H groups in total. The fourth-order valence-electron chi connectivity index (χ4n) is 4.92. The van der Waals surface area contributed by atoms with Crippen molar-refractivity contribution >= 4 is 17.9 Å². The summed E-state index contributed by atoms with van der Waals surface area (Å²) in [5, 5.41) is 0. The van der Waals surface area contributed by atoms with Crippen LogP contribution in [-0.4, -0.2) is 65.5 Å². The standard InChI is InChI=1S/C23H22FN3O3/c1-26-22(28)20-18(27-9-10-30-13-19(27)21(20)23(26)29)8-7-17-6-5-15(12-25-17)14-3-2-4-16(24)11-14/h2-8,11-12,18-21H,9-10,13H2,1H3/b8-7+. The zero-order valence-electron chi connectivity index (χ0n) is 16.6. The first kappa shape index (κ1) is 19.1. The van der Waals surface area contributed by atoms with E-state index in [9.17, 15) is 14.0 Å². The van der Waals surface area contributed by atoms with Crippen LogP contribution >= 0.6 is 0 Å². The number of rotatable bonds is 3. The fourth-order valence-corrected chi connectivity index (χ4v) is 4.92. The van der Waals surface area contributed by atoms with Gasteiger partial charge in [-0.2, -0.15) is 0 Å². The molecule has 3 fully saturated rings. The number of pyridine rings is 1. The van der Waals surface area contributed by atoms with E-state index >= 15 is 0 Å². The lowest BCUT2D eigenvalue weighted by molar-refractivity contribution is -0.140. The highest BCUT2D eigenvalue weighted by Crippen LogP contribution is 2.43. The molecule has 30 heavy (non-hydrogen) atoms. The van der Waals surface area contributed by atoms with Crippen molar-refractivity contribution < 1.29 is 18.7 Å². The monoisotopic (exact) mass is 407 g/mol. The molecule has 0 bridgehead atoms. The van der Waals surface area contributed by atoms with Gasteiger partial charge in [0.05, 0.1) is 30.7 Å². The van der Waals surface area contributed by atoms with Gasteiger partial charge >= 0.3 is 0 Å². The normalized spacial score (nSPS) is 28.9. The van der Waals surface area contributed by atoms with E-state index in [1.165, 1.54) is 17.0 Å². The van der Waals surface area contributed by atoms with Crippen LogP contribution in [0.2, 0.25) is 0 Å². The van der Waals surface area contributed by atoms with Gasteiger partial charge < -0.3 is 4.74 Å². The Balaban J connectivity index is 1.40. The molecule has 3 saturated heterocycles. The molecule has 0 radical (unpaired) electrons. The first-order chi connectivity index (χ1) is 14.5. The summed E-state index contributed by atoms with van der Waals surface area (Å²) in [5.74, 6) is -1.24. The highest BCUT2D eigenvalue weighted by molar-refractivity contribution is 6.06. The van der Waals surface area contributed by atoms with E-state index in [-0.39, 0.29) is 41.6 Å². The van der Waals surface area contributed by atoms with Gasteiger partial charge in [-0.05, 0) is 29.8 Å². The fraction of sp³-hybridized carbons (Fsp3) is 0.348. The number of benzene rings is 1. The first-order valence-electron chi connectivity index (χ1n) is 10.1. The average Bonchev–Trinajstić information content (AvgIpc) is 3.21. The van der Waals surface area contributed by atoms with Crippen LogP contribution < -0.4 is 0 Å². The second kappa shape index (κ2) is 7.41. The quantitative estimate of drug-likeness (QED) is 0.730. The molecule has 3 aliphatic heterocycles. The predicted molar refractivity (Wildman–Crippen MR) is 109 cm³/mol. The van der Waals surface area contributed by atoms with Gasteiger partial charge in [-0.1, -0.05) is 24.3 Å². The topological polar surface area (TPSA) is 62.7 Å². The van der Waals surface area contributed by atoms with Crippen LogP contribution in [0.15, 0.2) is 48.7 Å². The third kappa shape index (κ3) is 3.05. The number of fused-ring (bicyclic) bond motifs is 3. The number of amides is 2. The smallest absolute Gasteiger partial charge is 0.234 e. The van der Waals surface area contributed by atoms with Crippen molar-refractivity contribution in [3.8, 4) is 11.1 Å². The van der Waals surface area contributed by atoms with E-state index in [0.29, 0.717) is 19.8 Å². The number of hydrogen-bond acceptors (Lipinski definition) is 5. The number of carbonyl (C=O) groups excluding carboxylic acids is 2. The SMILES string of the molecule is CN1C(=O)C2C(C1=O)C1COCCN1C2/C=C/c1ccc(-c2cccc(F)c2)cn1. The maximum atomic E-state index is 13.5. The van der Waals surface area contributed by atoms with Crippen molar-refractivity contribution in [3.05, 3.63) is 60.2 Å². The number of likely N-dealkylation sites (tertiary alicyclic amines) is 1. The molecule has 0 spiro atoms. The Morgan fingerprint density at radius 1 is 1.13 bits per heavy atom. The van der Waals surface area contributed by atoms with Crippen molar-refractivity contribution in [2.24, 2.45) is 11.8 Å². The molecular weight excluding hydrogens is 385 g/mol. The molecule has 6 nitrogen and oxygen atoms in total. The minimum Gasteiger partial charge on any atom is -0.378 e. The molecule has 4 atom stereocenters. The Kier molecular flexibility index (Phi) is 4.72. The van der Waals surface area contributed by atoms with Gasteiger partial charge in [0.1, 0.15) is 5.82 Å². The minimum absolute atomic E-state index is 0.0666.